The maximum atomic E-state index is 11.9. The number of carbonyl (C=O) groups excluding carboxylic acids is 2. The van der Waals surface area contributed by atoms with E-state index in [4.69, 9.17) is 19.3 Å². The van der Waals surface area contributed by atoms with Crippen LogP contribution in [0.2, 0.25) is 36.3 Å². The van der Waals surface area contributed by atoms with Crippen molar-refractivity contribution in [2.75, 3.05) is 12.5 Å². The van der Waals surface area contributed by atoms with Crippen LogP contribution in [0.3, 0.4) is 0 Å². The van der Waals surface area contributed by atoms with E-state index in [2.05, 4.69) is 77.9 Å². The number of hydrogen-bond donors (Lipinski definition) is 2. The average Bonchev–Trinajstić information content (AvgIpc) is 3.44. The monoisotopic (exact) mass is 642 g/mol. The molecule has 13 heteroatoms. The molecular formula is C30H58N4O7Si2. The molecule has 2 N–H and O–H groups in total. The molecule has 0 saturated heterocycles. The Balaban J connectivity index is 0.000000682. The molecule has 0 spiro atoms. The number of aliphatic hydroxyl groups is 1. The molecule has 0 radical (unpaired) electrons. The van der Waals surface area contributed by atoms with Crippen LogP contribution in [0.25, 0.3) is 0 Å². The summed E-state index contributed by atoms with van der Waals surface area (Å²) >= 11 is 0. The summed E-state index contributed by atoms with van der Waals surface area (Å²) < 4.78 is 18.2. The van der Waals surface area contributed by atoms with E-state index in [1.807, 2.05) is 20.8 Å². The third-order valence-electron chi connectivity index (χ3n) is 7.38. The number of rotatable bonds is 4. The van der Waals surface area contributed by atoms with Crippen LogP contribution in [-0.4, -0.2) is 76.7 Å². The fraction of sp³-hybridized carbons (Fsp3) is 0.733. The van der Waals surface area contributed by atoms with Crippen LogP contribution in [0.15, 0.2) is 29.3 Å². The van der Waals surface area contributed by atoms with Gasteiger partial charge in [0.05, 0.1) is 22.4 Å². The van der Waals surface area contributed by atoms with Crippen LogP contribution in [0.5, 0.6) is 5.88 Å². The molecule has 0 saturated carbocycles. The number of carbonyl (C=O) groups is 2. The van der Waals surface area contributed by atoms with Gasteiger partial charge in [-0.2, -0.15) is 9.36 Å². The van der Waals surface area contributed by atoms with E-state index in [-0.39, 0.29) is 10.6 Å². The summed E-state index contributed by atoms with van der Waals surface area (Å²) in [4.78, 5) is 33.8. The second-order valence-electron chi connectivity index (χ2n) is 15.9. The molecule has 248 valence electrons. The molecule has 0 amide bonds. The lowest BCUT2D eigenvalue weighted by Gasteiger charge is -2.35. The van der Waals surface area contributed by atoms with Crippen molar-refractivity contribution in [3.63, 3.8) is 0 Å². The van der Waals surface area contributed by atoms with Gasteiger partial charge in [0.25, 0.3) is 5.56 Å². The van der Waals surface area contributed by atoms with E-state index in [1.165, 1.54) is 16.9 Å². The van der Waals surface area contributed by atoms with Gasteiger partial charge in [-0.25, -0.2) is 9.59 Å². The van der Waals surface area contributed by atoms with Crippen molar-refractivity contribution in [1.82, 2.24) is 19.6 Å². The fourth-order valence-electron chi connectivity index (χ4n) is 2.26. The molecule has 0 aromatic carbocycles. The van der Waals surface area contributed by atoms with Gasteiger partial charge in [0.2, 0.25) is 5.88 Å². The predicted molar refractivity (Wildman–Crippen MR) is 178 cm³/mol. The molecule has 0 fully saturated rings. The van der Waals surface area contributed by atoms with E-state index in [0.717, 1.165) is 4.68 Å². The van der Waals surface area contributed by atoms with Gasteiger partial charge >= 0.3 is 12.2 Å². The van der Waals surface area contributed by atoms with E-state index in [1.54, 1.807) is 33.0 Å². The molecule has 0 aliphatic carbocycles. The zero-order chi connectivity index (χ0) is 34.2. The largest absolute Gasteiger partial charge is 0.480 e. The summed E-state index contributed by atoms with van der Waals surface area (Å²) in [5, 5.41) is 16.0. The number of aromatic nitrogens is 4. The maximum absolute atomic E-state index is 11.9. The standard InChI is InChI=1S/C15H28N2O3Si.C8H12N2O3.C7H18OSi/c1-14(2,3)20-13(18)17-10-9-12(16-17)19-11-21(7,8)15(4,5)6;1-8(2,3)13-7(12)10-5-4-6(11)9-10;1-7(2,3)9(4,5)6-8/h9-10H,11H2,1-8H3;4-5H,1-3H3,(H,9,11);8H,6H2,1-5H3. The second kappa shape index (κ2) is 14.9. The first-order chi connectivity index (χ1) is 19.0. The number of aromatic amines is 1. The molecular weight excluding hydrogens is 585 g/mol. The van der Waals surface area contributed by atoms with Gasteiger partial charge in [-0.3, -0.25) is 9.89 Å². The van der Waals surface area contributed by atoms with Crippen LogP contribution in [-0.2, 0) is 9.47 Å². The quantitative estimate of drug-likeness (QED) is 0.338. The van der Waals surface area contributed by atoms with Crippen LogP contribution in [0.1, 0.15) is 83.1 Å². The van der Waals surface area contributed by atoms with E-state index in [0.29, 0.717) is 23.4 Å². The highest BCUT2D eigenvalue weighted by Gasteiger charge is 2.36. The Morgan fingerprint density at radius 1 is 0.791 bits per heavy atom. The Kier molecular flexibility index (Phi) is 14.0. The smallest absolute Gasteiger partial charge is 0.435 e. The third-order valence-corrected chi connectivity index (χ3v) is 17.2. The predicted octanol–water partition coefficient (Wildman–Crippen LogP) is 7.08. The number of nitrogens with one attached hydrogen (secondary N) is 1. The number of ether oxygens (including phenoxy) is 3. The van der Waals surface area contributed by atoms with Crippen molar-refractivity contribution >= 4 is 28.3 Å². The fourth-order valence-corrected chi connectivity index (χ4v) is 3.67. The maximum Gasteiger partial charge on any atom is 0.435 e. The molecule has 2 rings (SSSR count). The van der Waals surface area contributed by atoms with Gasteiger partial charge in [0, 0.05) is 30.8 Å². The van der Waals surface area contributed by atoms with Crippen molar-refractivity contribution < 1.29 is 28.9 Å². The van der Waals surface area contributed by atoms with Crippen LogP contribution < -0.4 is 10.3 Å². The van der Waals surface area contributed by atoms with Gasteiger partial charge < -0.3 is 19.3 Å². The van der Waals surface area contributed by atoms with Gasteiger partial charge in [-0.05, 0) is 51.6 Å². The molecule has 2 aromatic rings. The Morgan fingerprint density at radius 2 is 1.26 bits per heavy atom. The minimum absolute atomic E-state index is 0.251. The number of aliphatic hydroxyl groups excluding tert-OH is 1. The SMILES string of the molecule is CC(C)(C)OC(=O)n1ccc(=O)[nH]1.CC(C)(C)OC(=O)n1ccc(OC[Si](C)(C)C(C)(C)C)n1.CC(C)(C)[Si](C)(C)CO. The third kappa shape index (κ3) is 15.1. The van der Waals surface area contributed by atoms with Gasteiger partial charge in [-0.1, -0.05) is 67.7 Å². The molecule has 0 bridgehead atoms. The van der Waals surface area contributed by atoms with Crippen LogP contribution >= 0.6 is 0 Å². The summed E-state index contributed by atoms with van der Waals surface area (Å²) in [6.07, 6.45) is 2.88. The summed E-state index contributed by atoms with van der Waals surface area (Å²) in [5.74, 6) is 0.464. The average molecular weight is 643 g/mol. The van der Waals surface area contributed by atoms with Gasteiger partial charge in [0.1, 0.15) is 11.2 Å². The van der Waals surface area contributed by atoms with Crippen LogP contribution in [0, 0.1) is 0 Å². The van der Waals surface area contributed by atoms with Crippen molar-refractivity contribution in [3.05, 3.63) is 34.9 Å². The first-order valence-corrected chi connectivity index (χ1v) is 21.0. The molecule has 43 heavy (non-hydrogen) atoms. The first kappa shape index (κ1) is 40.4. The highest BCUT2D eigenvalue weighted by atomic mass is 28.3. The normalized spacial score (nSPS) is 12.8. The number of nitrogens with zero attached hydrogens (tertiary/aromatic N) is 3. The molecule has 2 heterocycles. The molecule has 0 aliphatic heterocycles. The second-order valence-corrected chi connectivity index (χ2v) is 27.1. The zero-order valence-corrected chi connectivity index (χ0v) is 31.5. The van der Waals surface area contributed by atoms with Crippen molar-refractivity contribution in [3.8, 4) is 5.88 Å². The van der Waals surface area contributed by atoms with E-state index < -0.39 is 39.5 Å². The summed E-state index contributed by atoms with van der Waals surface area (Å²) in [6.45, 7) is 33.1. The highest BCUT2D eigenvalue weighted by Crippen LogP contribution is 2.36. The van der Waals surface area contributed by atoms with Crippen molar-refractivity contribution in [1.29, 1.82) is 0 Å². The first-order valence-electron chi connectivity index (χ1n) is 14.5. The number of hydrogen-bond acceptors (Lipinski definition) is 8. The number of H-pyrrole nitrogens is 1. The lowest BCUT2D eigenvalue weighted by atomic mass is 10.2. The van der Waals surface area contributed by atoms with E-state index >= 15 is 0 Å². The molecule has 0 aliphatic rings. The van der Waals surface area contributed by atoms with Gasteiger partial charge in [-0.15, -0.1) is 5.10 Å². The summed E-state index contributed by atoms with van der Waals surface area (Å²) in [6, 6.07) is 2.95. The summed E-state index contributed by atoms with van der Waals surface area (Å²) in [7, 11) is -2.85. The Morgan fingerprint density at radius 3 is 1.60 bits per heavy atom. The van der Waals surface area contributed by atoms with Gasteiger partial charge in [0.15, 0.2) is 0 Å². The minimum atomic E-state index is -1.53. The molecule has 11 nitrogen and oxygen atoms in total. The molecule has 0 atom stereocenters. The zero-order valence-electron chi connectivity index (χ0n) is 29.5. The molecule has 0 unspecified atom stereocenters. The Hall–Kier alpha value is -2.65. The van der Waals surface area contributed by atoms with E-state index in [9.17, 15) is 14.4 Å². The topological polar surface area (TPSA) is 138 Å². The summed E-state index contributed by atoms with van der Waals surface area (Å²) in [5.41, 5.74) is -1.42. The lowest BCUT2D eigenvalue weighted by Crippen LogP contribution is -2.43. The Labute approximate surface area is 260 Å². The lowest BCUT2D eigenvalue weighted by molar-refractivity contribution is 0.0502. The Bertz CT molecular complexity index is 1220. The van der Waals surface area contributed by atoms with Crippen molar-refractivity contribution in [2.45, 2.75) is 131 Å². The minimum Gasteiger partial charge on any atom is -0.480 e. The highest BCUT2D eigenvalue weighted by molar-refractivity contribution is 6.80. The molecule has 2 aromatic heterocycles. The van der Waals surface area contributed by atoms with Crippen molar-refractivity contribution in [2.24, 2.45) is 0 Å². The van der Waals surface area contributed by atoms with Crippen LogP contribution in [0.4, 0.5) is 9.59 Å².